The van der Waals surface area contributed by atoms with Gasteiger partial charge < -0.3 is 62.0 Å². The van der Waals surface area contributed by atoms with Crippen LogP contribution in [-0.4, -0.2) is 110 Å². The van der Waals surface area contributed by atoms with Crippen molar-refractivity contribution in [2.24, 2.45) is 69.8 Å². The number of hydrogen-bond acceptors (Lipinski definition) is 13. The number of aromatic nitrogens is 1. The predicted octanol–water partition coefficient (Wildman–Crippen LogP) is 9.31. The Morgan fingerprint density at radius 3 is 2.48 bits per heavy atom. The lowest BCUT2D eigenvalue weighted by Gasteiger charge is -2.68. The summed E-state index contributed by atoms with van der Waals surface area (Å²) >= 11 is 0. The summed E-state index contributed by atoms with van der Waals surface area (Å²) in [6.45, 7) is 5.80. The summed E-state index contributed by atoms with van der Waals surface area (Å²) in [5.74, 6) is 15.6. The Morgan fingerprint density at radius 1 is 0.868 bits per heavy atom. The molecule has 14 nitrogen and oxygen atoms in total. The number of carbonyl (C=O) groups is 2. The van der Waals surface area contributed by atoms with Gasteiger partial charge >= 0.3 is 0 Å². The zero-order chi connectivity index (χ0) is 62.8. The molecule has 20 unspecified atom stereocenters. The molecule has 482 valence electrons. The molecule has 12 aliphatic rings. The normalized spacial score (nSPS) is 36.9. The van der Waals surface area contributed by atoms with E-state index in [2.05, 4.69) is 95.0 Å². The van der Waals surface area contributed by atoms with E-state index in [0.717, 1.165) is 79.0 Å². The topological polar surface area (TPSA) is 243 Å². The van der Waals surface area contributed by atoms with Crippen molar-refractivity contribution in [3.05, 3.63) is 117 Å². The molecule has 5 saturated carbocycles. The highest BCUT2D eigenvalue weighted by atomic mass is 16.5. The highest BCUT2D eigenvalue weighted by molar-refractivity contribution is 5.89. The van der Waals surface area contributed by atoms with Crippen molar-refractivity contribution in [1.29, 1.82) is 0 Å². The molecule has 1 aromatic heterocycles. The van der Waals surface area contributed by atoms with E-state index in [1.165, 1.54) is 42.3 Å². The molecule has 20 atom stereocenters. The van der Waals surface area contributed by atoms with Crippen LogP contribution in [0.2, 0.25) is 0 Å². The number of nitrogens with one attached hydrogen (secondary N) is 4. The van der Waals surface area contributed by atoms with Crippen molar-refractivity contribution in [3.63, 3.8) is 0 Å². The molecule has 0 amide bonds. The van der Waals surface area contributed by atoms with Gasteiger partial charge in [0, 0.05) is 90.8 Å². The largest absolute Gasteiger partial charge is 0.504 e. The molecular formula is C77H95N5O9. The second-order valence-electron chi connectivity index (χ2n) is 30.6. The summed E-state index contributed by atoms with van der Waals surface area (Å²) in [4.78, 5) is 34.6. The number of aryl methyl sites for hydroxylation is 1. The van der Waals surface area contributed by atoms with Gasteiger partial charge in [-0.1, -0.05) is 86.4 Å². The molecule has 6 fully saturated rings. The molecule has 4 aromatic rings. The Hall–Kier alpha value is -5.94. The van der Waals surface area contributed by atoms with Crippen LogP contribution in [0.15, 0.2) is 83.8 Å². The SMILES string of the molecule is CCC1=C(C(CC(O)C(O)CC2C#CC3(CCC(C4C5CNC6(C)CCCC6C#CCC6NC7CC(=O)C8C9c%10c(c[nH]c%10C5C(C6C4CCC(O)O)C79)CC84CCCC4)CC3O)C(=O)CCc3cc(OC)c(O)cc32)c2ccc3ccccc3c2)C=C(N)NC1. The van der Waals surface area contributed by atoms with E-state index < -0.39 is 35.9 Å². The number of piperidine rings is 1. The molecule has 8 aliphatic carbocycles. The van der Waals surface area contributed by atoms with E-state index in [1.807, 2.05) is 18.2 Å². The fraction of sp³-hybridized carbons (Fsp3) is 0.610. The van der Waals surface area contributed by atoms with Crippen molar-refractivity contribution >= 4 is 22.3 Å². The number of Topliss-reactive ketones (excluding diaryl/α,β-unsaturated/α-hetero) is 2. The van der Waals surface area contributed by atoms with E-state index in [4.69, 9.17) is 10.5 Å². The highest BCUT2D eigenvalue weighted by Gasteiger charge is 2.70. The number of phenols is 1. The van der Waals surface area contributed by atoms with Crippen molar-refractivity contribution in [2.45, 2.75) is 208 Å². The summed E-state index contributed by atoms with van der Waals surface area (Å²) in [5, 5.41) is 85.7. The van der Waals surface area contributed by atoms with Crippen LogP contribution in [0.5, 0.6) is 11.5 Å². The maximum Gasteiger partial charge on any atom is 0.160 e. The quantitative estimate of drug-likeness (QED) is 0.0442. The molecule has 16 rings (SSSR count). The number of aromatic amines is 1. The van der Waals surface area contributed by atoms with Crippen LogP contribution < -0.4 is 26.4 Å². The highest BCUT2D eigenvalue weighted by Crippen LogP contribution is 2.72. The maximum absolute atomic E-state index is 15.5. The number of fused-ring (bicyclic) bond motifs is 6. The minimum Gasteiger partial charge on any atom is -0.504 e. The number of allylic oxidation sites excluding steroid dienone is 2. The average Bonchev–Trinajstić information content (AvgIpc) is 1.67. The second-order valence-corrected chi connectivity index (χ2v) is 30.6. The van der Waals surface area contributed by atoms with Crippen LogP contribution in [0, 0.1) is 87.8 Å². The van der Waals surface area contributed by atoms with Gasteiger partial charge in [0.15, 0.2) is 23.6 Å². The zero-order valence-electron chi connectivity index (χ0n) is 53.4. The van der Waals surface area contributed by atoms with E-state index in [1.54, 1.807) is 12.1 Å². The van der Waals surface area contributed by atoms with E-state index in [-0.39, 0.29) is 143 Å². The van der Waals surface area contributed by atoms with Crippen molar-refractivity contribution in [1.82, 2.24) is 20.9 Å². The first kappa shape index (κ1) is 61.3. The van der Waals surface area contributed by atoms with E-state index in [0.29, 0.717) is 62.2 Å². The summed E-state index contributed by atoms with van der Waals surface area (Å²) in [6.07, 6.45) is 12.3. The predicted molar refractivity (Wildman–Crippen MR) is 349 cm³/mol. The monoisotopic (exact) mass is 1230 g/mol. The van der Waals surface area contributed by atoms with Gasteiger partial charge in [0.05, 0.1) is 31.2 Å². The standard InChI is InChI=1S/C77H95N5O9/c1-4-41-38-79-64(78)35-53(41)52(44-17-16-42-11-5-6-12-43(42)29-44)34-58(84)57(83)30-46-22-27-77(62(87)20-18-45-31-61(91-3)59(85)33-51(45)46)28-23-47(32-63(77)88)66-50(19-21-65(89)90)68-55-15-9-13-49-14-10-24-75(49,2)81-40-54(66)69-71(68)70-56(82-55)36-60(86)73-72(70)67-48(39-80-74(67)69)37-76(73)25-7-8-26-76/h5-6,11-12,16-17,29,31,33,35,39,46-47,49-50,52,54-58,63,65-66,68-73,79-85,88-90H,4,7-8,10,14-15,18-21,23-26,28,30,32,34,36-38,40,78H2,1-3H3. The molecule has 14 heteroatoms. The van der Waals surface area contributed by atoms with E-state index in [9.17, 15) is 30.6 Å². The fourth-order valence-electron chi connectivity index (χ4n) is 22.2. The van der Waals surface area contributed by atoms with Gasteiger partial charge in [-0.3, -0.25) is 9.59 Å². The molecule has 91 heavy (non-hydrogen) atoms. The van der Waals surface area contributed by atoms with Crippen molar-refractivity contribution in [2.75, 3.05) is 20.2 Å². The average molecular weight is 1230 g/mol. The third kappa shape index (κ3) is 10.2. The number of benzene rings is 3. The molecule has 3 aromatic carbocycles. The van der Waals surface area contributed by atoms with Crippen LogP contribution in [0.25, 0.3) is 10.8 Å². The van der Waals surface area contributed by atoms with Crippen LogP contribution >= 0.6 is 0 Å². The Labute approximate surface area is 536 Å². The molecular weight excluding hydrogens is 1140 g/mol. The maximum atomic E-state index is 15.5. The molecule has 4 aliphatic heterocycles. The molecule has 0 radical (unpaired) electrons. The smallest absolute Gasteiger partial charge is 0.160 e. The van der Waals surface area contributed by atoms with Gasteiger partial charge in [-0.2, -0.15) is 0 Å². The minimum atomic E-state index is -1.50. The number of ether oxygens (including phenoxy) is 1. The number of methoxy groups -OCH3 is 1. The van der Waals surface area contributed by atoms with Crippen molar-refractivity contribution in [3.8, 4) is 35.2 Å². The molecule has 5 heterocycles. The first-order valence-corrected chi connectivity index (χ1v) is 35.0. The number of nitrogens with two attached hydrogens (primary N) is 1. The van der Waals surface area contributed by atoms with Gasteiger partial charge in [0.25, 0.3) is 0 Å². The number of aliphatic hydroxyl groups excluding tert-OH is 4. The number of ketones is 2. The van der Waals surface area contributed by atoms with Gasteiger partial charge in [-0.05, 0) is 218 Å². The van der Waals surface area contributed by atoms with Crippen molar-refractivity contribution < 1.29 is 45.0 Å². The van der Waals surface area contributed by atoms with Crippen LogP contribution in [0.1, 0.15) is 187 Å². The summed E-state index contributed by atoms with van der Waals surface area (Å²) in [7, 11) is 1.49. The second kappa shape index (κ2) is 23.8. The van der Waals surface area contributed by atoms with Gasteiger partial charge in [0.2, 0.25) is 0 Å². The van der Waals surface area contributed by atoms with Crippen LogP contribution in [-0.2, 0) is 22.4 Å². The Kier molecular flexibility index (Phi) is 16.0. The number of hydrogen-bond donors (Lipinski definition) is 11. The van der Waals surface area contributed by atoms with Gasteiger partial charge in [0.1, 0.15) is 11.2 Å². The van der Waals surface area contributed by atoms with Gasteiger partial charge in [-0.15, -0.1) is 5.92 Å². The lowest BCUT2D eigenvalue weighted by atomic mass is 9.38. The summed E-state index contributed by atoms with van der Waals surface area (Å²) in [5.41, 5.74) is 13.5. The first-order valence-electron chi connectivity index (χ1n) is 35.0. The molecule has 1 saturated heterocycles. The molecule has 4 bridgehead atoms. The zero-order valence-corrected chi connectivity index (χ0v) is 53.4. The fourth-order valence-corrected chi connectivity index (χ4v) is 22.2. The molecule has 2 spiro atoms. The Bertz CT molecular complexity index is 3710. The Balaban J connectivity index is 0.795. The first-order chi connectivity index (χ1) is 44.0. The number of dihydropyridines is 1. The van der Waals surface area contributed by atoms with E-state index >= 15 is 9.59 Å². The van der Waals surface area contributed by atoms with Crippen LogP contribution in [0.4, 0.5) is 0 Å². The lowest BCUT2D eigenvalue weighted by molar-refractivity contribution is -0.158. The Morgan fingerprint density at radius 2 is 1.69 bits per heavy atom. The number of phenolic OH excluding ortho intramolecular Hbond substituents is 1. The third-order valence-corrected chi connectivity index (χ3v) is 26.3. The van der Waals surface area contributed by atoms with Gasteiger partial charge in [-0.25, -0.2) is 0 Å². The number of rotatable bonds is 13. The number of aromatic hydroxyl groups is 1. The number of H-pyrrole nitrogens is 1. The third-order valence-electron chi connectivity index (χ3n) is 26.3. The number of carbonyl (C=O) groups excluding carboxylic acids is 2. The molecule has 12 N–H and O–H groups in total. The lowest BCUT2D eigenvalue weighted by Crippen LogP contribution is -2.71. The minimum absolute atomic E-state index is 0.00496. The number of aliphatic hydroxyl groups is 5. The summed E-state index contributed by atoms with van der Waals surface area (Å²) < 4.78 is 5.66. The summed E-state index contributed by atoms with van der Waals surface area (Å²) in [6, 6.07) is 17.9. The van der Waals surface area contributed by atoms with Crippen LogP contribution in [0.3, 0.4) is 0 Å².